The second kappa shape index (κ2) is 18.5. The van der Waals surface area contributed by atoms with Gasteiger partial charge in [0, 0.05) is 0 Å². The summed E-state index contributed by atoms with van der Waals surface area (Å²) < 4.78 is 0. The van der Waals surface area contributed by atoms with E-state index in [1.807, 2.05) is 0 Å². The van der Waals surface area contributed by atoms with E-state index < -0.39 is 0 Å². The summed E-state index contributed by atoms with van der Waals surface area (Å²) in [5.74, 6) is 0. The SMILES string of the molecule is [CH3][Sn][CH3].[SiH3]Cl. The summed E-state index contributed by atoms with van der Waals surface area (Å²) in [6, 6.07) is 0. The van der Waals surface area contributed by atoms with Gasteiger partial charge in [-0.25, -0.2) is 0 Å². The Kier molecular flexibility index (Phi) is 35.4. The number of halogens is 1. The maximum atomic E-state index is 4.78. The van der Waals surface area contributed by atoms with Gasteiger partial charge in [0.2, 0.25) is 0 Å². The topological polar surface area (TPSA) is 0 Å². The van der Waals surface area contributed by atoms with E-state index in [9.17, 15) is 0 Å². The first kappa shape index (κ1) is 9.57. The number of rotatable bonds is 0. The molecule has 0 unspecified atom stereocenters. The summed E-state index contributed by atoms with van der Waals surface area (Å²) in [7, 11) is 0.778. The summed E-state index contributed by atoms with van der Waals surface area (Å²) >= 11 is 5.01. The molecule has 5 heavy (non-hydrogen) atoms. The molecule has 0 aliphatic heterocycles. The monoisotopic (exact) mass is 216 g/mol. The van der Waals surface area contributed by atoms with Crippen LogP contribution in [0, 0.1) is 0 Å². The molecule has 0 aromatic carbocycles. The predicted molar refractivity (Wildman–Crippen MR) is 33.3 cm³/mol. The molecule has 0 amide bonds. The third-order valence-electron chi connectivity index (χ3n) is 0. The molecule has 2 radical (unpaired) electrons. The van der Waals surface area contributed by atoms with Crippen molar-refractivity contribution in [3.05, 3.63) is 0 Å². The Morgan fingerprint density at radius 1 is 1.40 bits per heavy atom. The minimum absolute atomic E-state index is 0.230. The van der Waals surface area contributed by atoms with Crippen LogP contribution in [0.1, 0.15) is 0 Å². The summed E-state index contributed by atoms with van der Waals surface area (Å²) in [6.45, 7) is 0. The molecule has 0 spiro atoms. The first-order valence-electron chi connectivity index (χ1n) is 1.38. The second-order valence-electron chi connectivity index (χ2n) is 0.500. The van der Waals surface area contributed by atoms with E-state index in [1.54, 1.807) is 0 Å². The fraction of sp³-hybridized carbons (Fsp3) is 1.00. The average Bonchev–Trinajstić information content (AvgIpc) is 1.46. The van der Waals surface area contributed by atoms with E-state index in [4.69, 9.17) is 11.1 Å². The number of hydrogen-bond donors (Lipinski definition) is 0. The Labute approximate surface area is 51.6 Å². The normalized spacial score (nSPS) is 5.40. The van der Waals surface area contributed by atoms with E-state index in [0.29, 0.717) is 0 Å². The minimum atomic E-state index is 0.230. The van der Waals surface area contributed by atoms with Gasteiger partial charge in [-0.2, -0.15) is 11.1 Å². The standard InChI is InChI=1S/2CH3.ClH3Si.Sn/c;;1-2;/h2*1H3;2H3;. The summed E-state index contributed by atoms with van der Waals surface area (Å²) in [6.07, 6.45) is 0. The first-order valence-corrected chi connectivity index (χ1v) is 10.1. The van der Waals surface area contributed by atoms with E-state index in [1.165, 1.54) is 0 Å². The van der Waals surface area contributed by atoms with E-state index in [2.05, 4.69) is 9.88 Å². The van der Waals surface area contributed by atoms with Crippen molar-refractivity contribution in [1.29, 1.82) is 0 Å². The van der Waals surface area contributed by atoms with Gasteiger partial charge in [0.05, 0.1) is 0 Å². The minimum Gasteiger partial charge on any atom is -0.181 e. The third-order valence-corrected chi connectivity index (χ3v) is 0. The van der Waals surface area contributed by atoms with Gasteiger partial charge in [-0.3, -0.25) is 0 Å². The summed E-state index contributed by atoms with van der Waals surface area (Å²) in [4.78, 5) is 4.59. The van der Waals surface area contributed by atoms with Crippen LogP contribution < -0.4 is 0 Å². The third kappa shape index (κ3) is 34.0. The molecule has 0 bridgehead atoms. The molecule has 0 saturated heterocycles. The van der Waals surface area contributed by atoms with Gasteiger partial charge in [0.25, 0.3) is 0 Å². The fourth-order valence-electron chi connectivity index (χ4n) is 0. The van der Waals surface area contributed by atoms with Crippen LogP contribution in [0.15, 0.2) is 0 Å². The number of hydrogen-bond acceptors (Lipinski definition) is 0. The average molecular weight is 215 g/mol. The molecule has 0 aliphatic rings. The van der Waals surface area contributed by atoms with Crippen molar-refractivity contribution in [3.8, 4) is 0 Å². The van der Waals surface area contributed by atoms with Crippen LogP contribution in [0.2, 0.25) is 9.88 Å². The first-order chi connectivity index (χ1) is 2.41. The molecule has 3 heteroatoms. The Bertz CT molecular complexity index is 9.61. The predicted octanol–water partition coefficient (Wildman–Crippen LogP) is 0.292. The molecular formula is C2H9ClSiSn. The van der Waals surface area contributed by atoms with Crippen molar-refractivity contribution in [2.45, 2.75) is 9.88 Å². The van der Waals surface area contributed by atoms with E-state index in [0.717, 1.165) is 9.55 Å². The van der Waals surface area contributed by atoms with E-state index in [-0.39, 0.29) is 21.1 Å². The van der Waals surface area contributed by atoms with Crippen LogP contribution in [-0.2, 0) is 0 Å². The van der Waals surface area contributed by atoms with Gasteiger partial charge in [-0.1, -0.05) is 0 Å². The van der Waals surface area contributed by atoms with E-state index >= 15 is 0 Å². The van der Waals surface area contributed by atoms with Crippen LogP contribution in [0.5, 0.6) is 0 Å². The van der Waals surface area contributed by atoms with Crippen molar-refractivity contribution in [2.75, 3.05) is 0 Å². The van der Waals surface area contributed by atoms with Crippen molar-refractivity contribution in [1.82, 2.24) is 0 Å². The van der Waals surface area contributed by atoms with Crippen molar-refractivity contribution in [3.63, 3.8) is 0 Å². The van der Waals surface area contributed by atoms with Crippen LogP contribution in [0.4, 0.5) is 0 Å². The van der Waals surface area contributed by atoms with Gasteiger partial charge < -0.3 is 0 Å². The largest absolute Gasteiger partial charge is 0.181 e. The molecule has 0 heterocycles. The molecule has 0 atom stereocenters. The van der Waals surface area contributed by atoms with Crippen molar-refractivity contribution in [2.24, 2.45) is 0 Å². The van der Waals surface area contributed by atoms with Crippen LogP contribution in [-0.4, -0.2) is 30.7 Å². The smallest absolute Gasteiger partial charge is 0.109 e. The van der Waals surface area contributed by atoms with Gasteiger partial charge in [-0.05, 0) is 0 Å². The van der Waals surface area contributed by atoms with Crippen molar-refractivity contribution < 1.29 is 0 Å². The van der Waals surface area contributed by atoms with Gasteiger partial charge in [-0.15, -0.1) is 0 Å². The van der Waals surface area contributed by atoms with Gasteiger partial charge >= 0.3 is 31.0 Å². The molecule has 0 saturated carbocycles. The second-order valence-corrected chi connectivity index (χ2v) is 3.35. The molecule has 0 fully saturated rings. The molecule has 0 nitrogen and oxygen atoms in total. The summed E-state index contributed by atoms with van der Waals surface area (Å²) in [5, 5.41) is 0. The van der Waals surface area contributed by atoms with Crippen LogP contribution in [0.25, 0.3) is 0 Å². The zero-order valence-corrected chi connectivity index (χ0v) is 9.49. The van der Waals surface area contributed by atoms with Gasteiger partial charge in [0.1, 0.15) is 9.55 Å². The molecule has 0 aliphatic carbocycles. The van der Waals surface area contributed by atoms with Gasteiger partial charge in [0.15, 0.2) is 0 Å². The fourth-order valence-corrected chi connectivity index (χ4v) is 0. The Balaban J connectivity index is 0. The molecule has 0 aromatic rings. The van der Waals surface area contributed by atoms with Crippen molar-refractivity contribution >= 4 is 41.8 Å². The molecule has 32 valence electrons. The summed E-state index contributed by atoms with van der Waals surface area (Å²) in [5.41, 5.74) is 0. The van der Waals surface area contributed by atoms with Crippen LogP contribution in [0.3, 0.4) is 0 Å². The Morgan fingerprint density at radius 2 is 1.40 bits per heavy atom. The van der Waals surface area contributed by atoms with Crippen LogP contribution >= 0.6 is 11.1 Å². The zero-order chi connectivity index (χ0) is 4.71. The zero-order valence-electron chi connectivity index (χ0n) is 3.88. The maximum Gasteiger partial charge on any atom is 0.109 e. The molecular weight excluding hydrogens is 206 g/mol. The molecule has 0 aromatic heterocycles. The molecule has 0 rings (SSSR count). The Morgan fingerprint density at radius 3 is 1.40 bits per heavy atom. The quantitative estimate of drug-likeness (QED) is 0.402. The molecule has 0 N–H and O–H groups in total. The Hall–Kier alpha value is 1.31. The maximum absolute atomic E-state index is 4.78.